The molecule has 3 nitrogen and oxygen atoms in total. The number of anilines is 2. The molecule has 18 heavy (non-hydrogen) atoms. The fourth-order valence-corrected chi connectivity index (χ4v) is 2.23. The Morgan fingerprint density at radius 3 is 2.67 bits per heavy atom. The molecule has 4 heteroatoms. The normalized spacial score (nSPS) is 11.0. The van der Waals surface area contributed by atoms with E-state index in [0.717, 1.165) is 21.8 Å². The summed E-state index contributed by atoms with van der Waals surface area (Å²) in [6.07, 6.45) is 2.07. The van der Waals surface area contributed by atoms with E-state index in [2.05, 4.69) is 63.8 Å². The van der Waals surface area contributed by atoms with E-state index in [1.807, 2.05) is 19.1 Å². The van der Waals surface area contributed by atoms with Gasteiger partial charge in [0.05, 0.1) is 11.4 Å². The van der Waals surface area contributed by atoms with Crippen molar-refractivity contribution in [2.24, 2.45) is 0 Å². The van der Waals surface area contributed by atoms with Gasteiger partial charge in [0.2, 0.25) is 5.95 Å². The molecule has 1 heterocycles. The highest BCUT2D eigenvalue weighted by Crippen LogP contribution is 2.29. The third-order valence-corrected chi connectivity index (χ3v) is 3.90. The zero-order valence-electron chi connectivity index (χ0n) is 11.2. The van der Waals surface area contributed by atoms with E-state index >= 15 is 0 Å². The predicted molar refractivity (Wildman–Crippen MR) is 79.5 cm³/mol. The lowest BCUT2D eigenvalue weighted by atomic mass is 10.2. The predicted octanol–water partition coefficient (Wildman–Crippen LogP) is 4.59. The van der Waals surface area contributed by atoms with Crippen molar-refractivity contribution in [2.75, 3.05) is 5.32 Å². The van der Waals surface area contributed by atoms with E-state index in [0.29, 0.717) is 6.04 Å². The molecule has 0 aliphatic heterocycles. The summed E-state index contributed by atoms with van der Waals surface area (Å²) in [6.45, 7) is 8.39. The summed E-state index contributed by atoms with van der Waals surface area (Å²) in [5.41, 5.74) is 3.27. The molecule has 2 aromatic rings. The first-order valence-electron chi connectivity index (χ1n) is 6.06. The first-order chi connectivity index (χ1) is 8.49. The van der Waals surface area contributed by atoms with Crippen LogP contribution in [0.5, 0.6) is 0 Å². The molecule has 2 rings (SSSR count). The van der Waals surface area contributed by atoms with Gasteiger partial charge in [-0.2, -0.15) is 0 Å². The van der Waals surface area contributed by atoms with Crippen molar-refractivity contribution in [3.63, 3.8) is 0 Å². The summed E-state index contributed by atoms with van der Waals surface area (Å²) >= 11 is 3.61. The van der Waals surface area contributed by atoms with Crippen LogP contribution >= 0.6 is 15.9 Å². The Morgan fingerprint density at radius 2 is 2.00 bits per heavy atom. The summed E-state index contributed by atoms with van der Waals surface area (Å²) in [4.78, 5) is 4.53. The minimum atomic E-state index is 0.386. The van der Waals surface area contributed by atoms with Crippen LogP contribution in [0, 0.1) is 13.8 Å². The Bertz CT molecular complexity index is 558. The van der Waals surface area contributed by atoms with Gasteiger partial charge in [0.15, 0.2) is 0 Å². The largest absolute Gasteiger partial charge is 0.325 e. The van der Waals surface area contributed by atoms with Gasteiger partial charge in [0.25, 0.3) is 0 Å². The van der Waals surface area contributed by atoms with E-state index in [9.17, 15) is 0 Å². The maximum absolute atomic E-state index is 4.53. The molecule has 0 fully saturated rings. The molecule has 0 atom stereocenters. The van der Waals surface area contributed by atoms with Crippen LogP contribution in [-0.2, 0) is 0 Å². The Hall–Kier alpha value is -1.29. The first-order valence-corrected chi connectivity index (χ1v) is 6.86. The third kappa shape index (κ3) is 2.58. The molecule has 0 aliphatic carbocycles. The highest BCUT2D eigenvalue weighted by Gasteiger charge is 2.10. The molecule has 96 valence electrons. The van der Waals surface area contributed by atoms with Crippen LogP contribution in [0.1, 0.15) is 31.1 Å². The molecule has 0 saturated carbocycles. The SMILES string of the molecule is Cc1cn(C(C)C)c(Nc2cccc(C)c2Br)n1. The van der Waals surface area contributed by atoms with Crippen molar-refractivity contribution in [1.82, 2.24) is 9.55 Å². The van der Waals surface area contributed by atoms with Gasteiger partial charge in [0, 0.05) is 16.7 Å². The molecule has 1 aromatic heterocycles. The van der Waals surface area contributed by atoms with E-state index in [-0.39, 0.29) is 0 Å². The summed E-state index contributed by atoms with van der Waals surface area (Å²) in [5.74, 6) is 0.883. The third-order valence-electron chi connectivity index (χ3n) is 2.85. The molecule has 0 amide bonds. The Labute approximate surface area is 116 Å². The molecular formula is C14H18BrN3. The van der Waals surface area contributed by atoms with E-state index in [4.69, 9.17) is 0 Å². The fraction of sp³-hybridized carbons (Fsp3) is 0.357. The van der Waals surface area contributed by atoms with Crippen molar-refractivity contribution >= 4 is 27.6 Å². The number of hydrogen-bond acceptors (Lipinski definition) is 2. The highest BCUT2D eigenvalue weighted by molar-refractivity contribution is 9.10. The number of hydrogen-bond donors (Lipinski definition) is 1. The van der Waals surface area contributed by atoms with Crippen LogP contribution in [-0.4, -0.2) is 9.55 Å². The van der Waals surface area contributed by atoms with E-state index < -0.39 is 0 Å². The molecule has 0 radical (unpaired) electrons. The van der Waals surface area contributed by atoms with Gasteiger partial charge in [-0.25, -0.2) is 4.98 Å². The van der Waals surface area contributed by atoms with Crippen LogP contribution < -0.4 is 5.32 Å². The summed E-state index contributed by atoms with van der Waals surface area (Å²) in [5, 5.41) is 3.39. The minimum Gasteiger partial charge on any atom is -0.325 e. The van der Waals surface area contributed by atoms with Crippen LogP contribution in [0.15, 0.2) is 28.9 Å². The molecule has 0 aliphatic rings. The van der Waals surface area contributed by atoms with Gasteiger partial charge in [-0.3, -0.25) is 0 Å². The van der Waals surface area contributed by atoms with Crippen molar-refractivity contribution in [3.8, 4) is 0 Å². The second kappa shape index (κ2) is 5.14. The van der Waals surface area contributed by atoms with Gasteiger partial charge in [0.1, 0.15) is 0 Å². The number of aromatic nitrogens is 2. The Morgan fingerprint density at radius 1 is 1.28 bits per heavy atom. The Kier molecular flexibility index (Phi) is 3.76. The van der Waals surface area contributed by atoms with E-state index in [1.165, 1.54) is 5.56 Å². The maximum Gasteiger partial charge on any atom is 0.207 e. The number of rotatable bonds is 3. The number of aryl methyl sites for hydroxylation is 2. The first kappa shape index (κ1) is 13.1. The van der Waals surface area contributed by atoms with Crippen molar-refractivity contribution in [1.29, 1.82) is 0 Å². The summed E-state index contributed by atoms with van der Waals surface area (Å²) in [7, 11) is 0. The summed E-state index contributed by atoms with van der Waals surface area (Å²) in [6, 6.07) is 6.55. The molecule has 0 bridgehead atoms. The second-order valence-corrected chi connectivity index (χ2v) is 5.56. The number of nitrogens with one attached hydrogen (secondary N) is 1. The standard InChI is InChI=1S/C14H18BrN3/c1-9(2)18-8-11(4)16-14(18)17-12-7-5-6-10(3)13(12)15/h5-9H,1-4H3,(H,16,17). The monoisotopic (exact) mass is 307 g/mol. The second-order valence-electron chi connectivity index (χ2n) is 4.77. The highest BCUT2D eigenvalue weighted by atomic mass is 79.9. The molecule has 1 N–H and O–H groups in total. The van der Waals surface area contributed by atoms with Crippen LogP contribution in [0.4, 0.5) is 11.6 Å². The molecule has 0 spiro atoms. The van der Waals surface area contributed by atoms with Gasteiger partial charge in [-0.1, -0.05) is 12.1 Å². The zero-order chi connectivity index (χ0) is 13.3. The fourth-order valence-electron chi connectivity index (χ4n) is 1.87. The molecule has 0 unspecified atom stereocenters. The zero-order valence-corrected chi connectivity index (χ0v) is 12.7. The topological polar surface area (TPSA) is 29.9 Å². The number of benzene rings is 1. The lowest BCUT2D eigenvalue weighted by Gasteiger charge is -2.14. The molecular weight excluding hydrogens is 290 g/mol. The smallest absolute Gasteiger partial charge is 0.207 e. The average Bonchev–Trinajstić information content (AvgIpc) is 2.66. The van der Waals surface area contributed by atoms with Crippen molar-refractivity contribution in [3.05, 3.63) is 40.1 Å². The molecule has 0 saturated heterocycles. The van der Waals surface area contributed by atoms with Crippen molar-refractivity contribution in [2.45, 2.75) is 33.7 Å². The van der Waals surface area contributed by atoms with Gasteiger partial charge in [-0.05, 0) is 55.3 Å². The van der Waals surface area contributed by atoms with Crippen LogP contribution in [0.25, 0.3) is 0 Å². The van der Waals surface area contributed by atoms with Gasteiger partial charge < -0.3 is 9.88 Å². The van der Waals surface area contributed by atoms with Crippen LogP contribution in [0.3, 0.4) is 0 Å². The summed E-state index contributed by atoms with van der Waals surface area (Å²) < 4.78 is 3.23. The van der Waals surface area contributed by atoms with Gasteiger partial charge >= 0.3 is 0 Å². The Balaban J connectivity index is 2.37. The van der Waals surface area contributed by atoms with Gasteiger partial charge in [-0.15, -0.1) is 0 Å². The number of imidazole rings is 1. The maximum atomic E-state index is 4.53. The lowest BCUT2D eigenvalue weighted by molar-refractivity contribution is 0.607. The van der Waals surface area contributed by atoms with Crippen molar-refractivity contribution < 1.29 is 0 Å². The minimum absolute atomic E-state index is 0.386. The van der Waals surface area contributed by atoms with E-state index in [1.54, 1.807) is 0 Å². The molecule has 1 aromatic carbocycles. The average molecular weight is 308 g/mol. The lowest BCUT2D eigenvalue weighted by Crippen LogP contribution is -2.05. The quantitative estimate of drug-likeness (QED) is 0.899. The van der Waals surface area contributed by atoms with Crippen LogP contribution in [0.2, 0.25) is 0 Å². The number of nitrogens with zero attached hydrogens (tertiary/aromatic N) is 2. The number of halogens is 1.